The summed E-state index contributed by atoms with van der Waals surface area (Å²) in [5, 5.41) is 21.7. The molecule has 0 unspecified atom stereocenters. The zero-order valence-corrected chi connectivity index (χ0v) is 15.9. The maximum absolute atomic E-state index is 12.8. The molecule has 6 heteroatoms. The molecule has 0 saturated carbocycles. The normalized spacial score (nSPS) is 47.6. The summed E-state index contributed by atoms with van der Waals surface area (Å²) < 4.78 is 11.6. The molecule has 0 radical (unpaired) electrons. The van der Waals surface area contributed by atoms with Gasteiger partial charge in [0.1, 0.15) is 0 Å². The average molecular weight is 366 g/mol. The van der Waals surface area contributed by atoms with Gasteiger partial charge in [-0.3, -0.25) is 4.79 Å². The monoisotopic (exact) mass is 366 g/mol. The van der Waals surface area contributed by atoms with E-state index in [1.54, 1.807) is 13.8 Å². The summed E-state index contributed by atoms with van der Waals surface area (Å²) in [7, 11) is 0. The van der Waals surface area contributed by atoms with Crippen LogP contribution < -0.4 is 0 Å². The molecule has 3 aliphatic heterocycles. The first kappa shape index (κ1) is 19.5. The maximum Gasteiger partial charge on any atom is 0.334 e. The fourth-order valence-corrected chi connectivity index (χ4v) is 4.42. The largest absolute Gasteiger partial charge is 0.448 e. The Kier molecular flexibility index (Phi) is 4.83. The van der Waals surface area contributed by atoms with Crippen molar-refractivity contribution in [1.29, 1.82) is 0 Å². The van der Waals surface area contributed by atoms with Crippen molar-refractivity contribution < 1.29 is 29.3 Å². The summed E-state index contributed by atoms with van der Waals surface area (Å²) in [6.45, 7) is 9.02. The van der Waals surface area contributed by atoms with Crippen LogP contribution in [-0.2, 0) is 19.1 Å². The lowest BCUT2D eigenvalue weighted by atomic mass is 9.80. The summed E-state index contributed by atoms with van der Waals surface area (Å²) in [5.74, 6) is -1.03. The van der Waals surface area contributed by atoms with Crippen molar-refractivity contribution >= 4 is 11.8 Å². The number of ether oxygens (including phenoxy) is 2. The topological polar surface area (TPSA) is 93.1 Å². The average Bonchev–Trinajstić information content (AvgIpc) is 2.95. The van der Waals surface area contributed by atoms with E-state index in [9.17, 15) is 19.8 Å². The lowest BCUT2D eigenvalue weighted by Crippen LogP contribution is -2.46. The highest BCUT2D eigenvalue weighted by atomic mass is 16.6. The molecular formula is C20H30O6. The van der Waals surface area contributed by atoms with Crippen LogP contribution in [0.15, 0.2) is 12.2 Å². The molecule has 0 aromatic rings. The van der Waals surface area contributed by atoms with Crippen LogP contribution in [-0.4, -0.2) is 51.0 Å². The molecule has 3 aliphatic rings. The minimum atomic E-state index is -1.21. The molecule has 26 heavy (non-hydrogen) atoms. The van der Waals surface area contributed by atoms with Crippen LogP contribution in [0.3, 0.4) is 0 Å². The second-order valence-electron chi connectivity index (χ2n) is 8.87. The number of hydrogen-bond acceptors (Lipinski definition) is 6. The van der Waals surface area contributed by atoms with Crippen molar-refractivity contribution in [2.45, 2.75) is 94.7 Å². The number of carbonyl (C=O) groups excluding carboxylic acids is 2. The Morgan fingerprint density at radius 3 is 2.50 bits per heavy atom. The van der Waals surface area contributed by atoms with E-state index in [0.717, 1.165) is 0 Å². The zero-order valence-electron chi connectivity index (χ0n) is 15.9. The molecule has 3 rings (SSSR count). The van der Waals surface area contributed by atoms with Gasteiger partial charge in [0.2, 0.25) is 0 Å². The maximum atomic E-state index is 12.8. The third-order valence-corrected chi connectivity index (χ3v) is 6.71. The predicted molar refractivity (Wildman–Crippen MR) is 94.4 cm³/mol. The highest BCUT2D eigenvalue weighted by Crippen LogP contribution is 2.43. The summed E-state index contributed by atoms with van der Waals surface area (Å²) in [6, 6.07) is 0. The Morgan fingerprint density at radius 2 is 1.81 bits per heavy atom. The van der Waals surface area contributed by atoms with Crippen LogP contribution in [0.5, 0.6) is 0 Å². The lowest BCUT2D eigenvalue weighted by molar-refractivity contribution is -0.169. The van der Waals surface area contributed by atoms with Gasteiger partial charge >= 0.3 is 5.97 Å². The highest BCUT2D eigenvalue weighted by Gasteiger charge is 2.50. The van der Waals surface area contributed by atoms with Crippen LogP contribution in [0.4, 0.5) is 0 Å². The highest BCUT2D eigenvalue weighted by molar-refractivity contribution is 5.94. The molecule has 3 heterocycles. The van der Waals surface area contributed by atoms with E-state index in [1.165, 1.54) is 0 Å². The number of carbonyl (C=O) groups is 2. The molecule has 3 saturated heterocycles. The number of hydrogen-bond donors (Lipinski definition) is 2. The number of rotatable bonds is 0. The number of fused-ring (bicyclic) bond motifs is 5. The van der Waals surface area contributed by atoms with Crippen molar-refractivity contribution in [3.05, 3.63) is 12.2 Å². The Morgan fingerprint density at radius 1 is 1.12 bits per heavy atom. The molecule has 6 atom stereocenters. The first-order valence-corrected chi connectivity index (χ1v) is 9.50. The molecule has 0 spiro atoms. The van der Waals surface area contributed by atoms with Gasteiger partial charge in [-0.2, -0.15) is 0 Å². The van der Waals surface area contributed by atoms with Gasteiger partial charge in [-0.05, 0) is 65.2 Å². The Labute approximate surface area is 154 Å². The molecule has 0 amide bonds. The number of aliphatic hydroxyl groups is 2. The fraction of sp³-hybridized carbons (Fsp3) is 0.800. The molecule has 6 nitrogen and oxygen atoms in total. The van der Waals surface area contributed by atoms with Gasteiger partial charge in [0.15, 0.2) is 11.4 Å². The van der Waals surface area contributed by atoms with Gasteiger partial charge < -0.3 is 19.7 Å². The molecule has 0 aliphatic carbocycles. The van der Waals surface area contributed by atoms with E-state index in [4.69, 9.17) is 9.47 Å². The van der Waals surface area contributed by atoms with Crippen LogP contribution in [0.25, 0.3) is 0 Å². The number of Topliss-reactive ketones (excluding diaryl/α,β-unsaturated/α-hetero) is 1. The minimum Gasteiger partial charge on any atom is -0.448 e. The Hall–Kier alpha value is -1.24. The Balaban J connectivity index is 1.97. The molecule has 0 aromatic heterocycles. The first-order chi connectivity index (χ1) is 12.0. The standard InChI is InChI=1S/C20H30O6/c1-12-13-5-9-19(3,26-17(12)23)14(21)6-8-18(2,24)16-7-10-20(4,25-16)15(22)11-13/h13,15-16,22,24H,1,5-11H2,2-4H3/t13-,15+,16+,18-,19-,20-/m1/s1. The van der Waals surface area contributed by atoms with Crippen molar-refractivity contribution in [3.63, 3.8) is 0 Å². The van der Waals surface area contributed by atoms with E-state index in [2.05, 4.69) is 6.58 Å². The second-order valence-corrected chi connectivity index (χ2v) is 8.87. The molecule has 3 fully saturated rings. The van der Waals surface area contributed by atoms with Crippen molar-refractivity contribution in [3.8, 4) is 0 Å². The van der Waals surface area contributed by atoms with Gasteiger partial charge in [0, 0.05) is 12.0 Å². The first-order valence-electron chi connectivity index (χ1n) is 9.50. The minimum absolute atomic E-state index is 0.104. The summed E-state index contributed by atoms with van der Waals surface area (Å²) in [6.07, 6.45) is 1.58. The summed E-state index contributed by atoms with van der Waals surface area (Å²) in [5.41, 5.74) is -2.87. The van der Waals surface area contributed by atoms with Crippen molar-refractivity contribution in [2.75, 3.05) is 0 Å². The predicted octanol–water partition coefficient (Wildman–Crippen LogP) is 2.06. The van der Waals surface area contributed by atoms with E-state index in [0.29, 0.717) is 37.7 Å². The summed E-state index contributed by atoms with van der Waals surface area (Å²) in [4.78, 5) is 25.2. The number of ketones is 1. The van der Waals surface area contributed by atoms with Gasteiger partial charge in [0.05, 0.1) is 23.4 Å². The molecule has 2 N–H and O–H groups in total. The smallest absolute Gasteiger partial charge is 0.334 e. The van der Waals surface area contributed by atoms with E-state index < -0.39 is 35.0 Å². The van der Waals surface area contributed by atoms with Crippen LogP contribution >= 0.6 is 0 Å². The third kappa shape index (κ3) is 3.35. The van der Waals surface area contributed by atoms with Crippen LogP contribution in [0, 0.1) is 5.92 Å². The Bertz CT molecular complexity index is 626. The SMILES string of the molecule is C=C1C(=O)O[C@]2(C)CC[C@@H]1C[C@H](O)[C@@]1(C)CC[C@H](O1)[C@](C)(O)CCC2=O. The zero-order chi connectivity index (χ0) is 19.3. The third-order valence-electron chi connectivity index (χ3n) is 6.71. The van der Waals surface area contributed by atoms with E-state index in [-0.39, 0.29) is 24.5 Å². The van der Waals surface area contributed by atoms with Crippen molar-refractivity contribution in [1.82, 2.24) is 0 Å². The molecule has 0 aromatic carbocycles. The quantitative estimate of drug-likeness (QED) is 0.503. The van der Waals surface area contributed by atoms with Gasteiger partial charge in [0.25, 0.3) is 0 Å². The van der Waals surface area contributed by atoms with Gasteiger partial charge in [-0.25, -0.2) is 4.79 Å². The molecular weight excluding hydrogens is 336 g/mol. The lowest BCUT2D eigenvalue weighted by Gasteiger charge is -2.36. The van der Waals surface area contributed by atoms with Crippen LogP contribution in [0.2, 0.25) is 0 Å². The van der Waals surface area contributed by atoms with Gasteiger partial charge in [-0.15, -0.1) is 0 Å². The molecule has 4 bridgehead atoms. The van der Waals surface area contributed by atoms with E-state index in [1.807, 2.05) is 6.92 Å². The fourth-order valence-electron chi connectivity index (χ4n) is 4.42. The number of aliphatic hydroxyl groups excluding tert-OH is 1. The molecule has 146 valence electrons. The number of esters is 1. The van der Waals surface area contributed by atoms with Crippen LogP contribution in [0.1, 0.15) is 65.7 Å². The van der Waals surface area contributed by atoms with Crippen molar-refractivity contribution in [2.24, 2.45) is 5.92 Å². The summed E-state index contributed by atoms with van der Waals surface area (Å²) >= 11 is 0. The van der Waals surface area contributed by atoms with E-state index >= 15 is 0 Å². The second kappa shape index (κ2) is 6.43. The van der Waals surface area contributed by atoms with Gasteiger partial charge in [-0.1, -0.05) is 6.58 Å².